The van der Waals surface area contributed by atoms with Crippen molar-refractivity contribution >= 4 is 0 Å². The Bertz CT molecular complexity index is 350. The molecule has 1 saturated carbocycles. The monoisotopic (exact) mass is 162 g/mol. The van der Waals surface area contributed by atoms with E-state index in [9.17, 15) is 4.39 Å². The van der Waals surface area contributed by atoms with Crippen molar-refractivity contribution in [2.75, 3.05) is 0 Å². The van der Waals surface area contributed by atoms with E-state index in [4.69, 9.17) is 5.26 Å². The Labute approximate surface area is 69.7 Å². The Kier molecular flexibility index (Phi) is 1.54. The summed E-state index contributed by atoms with van der Waals surface area (Å²) in [6.45, 7) is 0. The summed E-state index contributed by atoms with van der Waals surface area (Å²) >= 11 is 0. The SMILES string of the molecule is N#Cc1cc(C2CC2)ncc1F. The van der Waals surface area contributed by atoms with Crippen LogP contribution in [-0.2, 0) is 0 Å². The largest absolute Gasteiger partial charge is 0.258 e. The predicted octanol–water partition coefficient (Wildman–Crippen LogP) is 1.97. The molecule has 1 aliphatic carbocycles. The van der Waals surface area contributed by atoms with Gasteiger partial charge in [0.15, 0.2) is 5.82 Å². The minimum atomic E-state index is -0.526. The van der Waals surface area contributed by atoms with Gasteiger partial charge in [0.2, 0.25) is 0 Å². The van der Waals surface area contributed by atoms with Crippen molar-refractivity contribution in [2.24, 2.45) is 0 Å². The molecule has 2 rings (SSSR count). The average molecular weight is 162 g/mol. The minimum absolute atomic E-state index is 0.104. The number of pyridine rings is 1. The maximum atomic E-state index is 12.8. The summed E-state index contributed by atoms with van der Waals surface area (Å²) in [6, 6.07) is 3.35. The van der Waals surface area contributed by atoms with E-state index in [1.165, 1.54) is 0 Å². The molecule has 3 heteroatoms. The van der Waals surface area contributed by atoms with Crippen LogP contribution in [0.1, 0.15) is 30.0 Å². The van der Waals surface area contributed by atoms with Crippen LogP contribution in [0.4, 0.5) is 4.39 Å². The molecular weight excluding hydrogens is 155 g/mol. The van der Waals surface area contributed by atoms with E-state index in [2.05, 4.69) is 4.98 Å². The second kappa shape index (κ2) is 2.56. The molecule has 0 unspecified atom stereocenters. The third kappa shape index (κ3) is 1.16. The van der Waals surface area contributed by atoms with Crippen LogP contribution in [0.5, 0.6) is 0 Å². The van der Waals surface area contributed by atoms with E-state index < -0.39 is 5.82 Å². The first-order valence-electron chi connectivity index (χ1n) is 3.87. The lowest BCUT2D eigenvalue weighted by Gasteiger charge is -1.97. The van der Waals surface area contributed by atoms with Gasteiger partial charge in [0.05, 0.1) is 11.8 Å². The number of nitriles is 1. The van der Waals surface area contributed by atoms with Crippen LogP contribution in [0, 0.1) is 17.1 Å². The number of hydrogen-bond acceptors (Lipinski definition) is 2. The van der Waals surface area contributed by atoms with Crippen molar-refractivity contribution < 1.29 is 4.39 Å². The lowest BCUT2D eigenvalue weighted by atomic mass is 10.2. The molecule has 0 atom stereocenters. The molecule has 60 valence electrons. The summed E-state index contributed by atoms with van der Waals surface area (Å²) in [7, 11) is 0. The molecule has 1 fully saturated rings. The summed E-state index contributed by atoms with van der Waals surface area (Å²) in [5, 5.41) is 8.53. The average Bonchev–Trinajstić information content (AvgIpc) is 2.88. The molecule has 1 heterocycles. The molecule has 12 heavy (non-hydrogen) atoms. The zero-order chi connectivity index (χ0) is 8.55. The third-order valence-corrected chi connectivity index (χ3v) is 1.99. The molecule has 0 N–H and O–H groups in total. The first-order valence-corrected chi connectivity index (χ1v) is 3.87. The van der Waals surface area contributed by atoms with E-state index in [-0.39, 0.29) is 5.56 Å². The molecule has 0 aliphatic heterocycles. The van der Waals surface area contributed by atoms with E-state index in [1.807, 2.05) is 0 Å². The third-order valence-electron chi connectivity index (χ3n) is 1.99. The lowest BCUT2D eigenvalue weighted by Crippen LogP contribution is -1.91. The zero-order valence-corrected chi connectivity index (χ0v) is 6.42. The summed E-state index contributed by atoms with van der Waals surface area (Å²) in [4.78, 5) is 3.92. The first-order chi connectivity index (χ1) is 5.81. The summed E-state index contributed by atoms with van der Waals surface area (Å²) in [6.07, 6.45) is 3.36. The van der Waals surface area contributed by atoms with Crippen LogP contribution in [-0.4, -0.2) is 4.98 Å². The topological polar surface area (TPSA) is 36.7 Å². The van der Waals surface area contributed by atoms with Crippen molar-refractivity contribution in [1.29, 1.82) is 5.26 Å². The number of aromatic nitrogens is 1. The van der Waals surface area contributed by atoms with Crippen LogP contribution in [0.2, 0.25) is 0 Å². The predicted molar refractivity (Wildman–Crippen MR) is 40.9 cm³/mol. The van der Waals surface area contributed by atoms with Crippen molar-refractivity contribution in [3.8, 4) is 6.07 Å². The Morgan fingerprint density at radius 1 is 1.58 bits per heavy atom. The molecule has 0 bridgehead atoms. The second-order valence-corrected chi connectivity index (χ2v) is 2.98. The Morgan fingerprint density at radius 2 is 2.33 bits per heavy atom. The molecular formula is C9H7FN2. The second-order valence-electron chi connectivity index (χ2n) is 2.98. The normalized spacial score (nSPS) is 15.7. The van der Waals surface area contributed by atoms with Crippen LogP contribution >= 0.6 is 0 Å². The van der Waals surface area contributed by atoms with Gasteiger partial charge in [-0.3, -0.25) is 4.98 Å². The molecule has 2 nitrogen and oxygen atoms in total. The molecule has 1 aromatic rings. The number of nitrogens with zero attached hydrogens (tertiary/aromatic N) is 2. The Hall–Kier alpha value is -1.43. The van der Waals surface area contributed by atoms with Gasteiger partial charge in [-0.05, 0) is 18.9 Å². The maximum Gasteiger partial charge on any atom is 0.159 e. The summed E-state index contributed by atoms with van der Waals surface area (Å²) in [5.41, 5.74) is 0.958. The van der Waals surface area contributed by atoms with Gasteiger partial charge in [0, 0.05) is 11.6 Å². The van der Waals surface area contributed by atoms with Gasteiger partial charge in [-0.15, -0.1) is 0 Å². The van der Waals surface area contributed by atoms with Crippen molar-refractivity contribution in [3.63, 3.8) is 0 Å². The van der Waals surface area contributed by atoms with Gasteiger partial charge < -0.3 is 0 Å². The fraction of sp³-hybridized carbons (Fsp3) is 0.333. The van der Waals surface area contributed by atoms with E-state index in [0.717, 1.165) is 24.7 Å². The van der Waals surface area contributed by atoms with Gasteiger partial charge in [-0.2, -0.15) is 5.26 Å². The van der Waals surface area contributed by atoms with E-state index in [1.54, 1.807) is 12.1 Å². The van der Waals surface area contributed by atoms with Crippen LogP contribution in [0.15, 0.2) is 12.3 Å². The van der Waals surface area contributed by atoms with Gasteiger partial charge in [0.25, 0.3) is 0 Å². The minimum Gasteiger partial charge on any atom is -0.258 e. The summed E-state index contributed by atoms with van der Waals surface area (Å²) < 4.78 is 12.8. The lowest BCUT2D eigenvalue weighted by molar-refractivity contribution is 0.615. The van der Waals surface area contributed by atoms with E-state index in [0.29, 0.717) is 5.92 Å². The van der Waals surface area contributed by atoms with Crippen LogP contribution in [0.3, 0.4) is 0 Å². The van der Waals surface area contributed by atoms with Gasteiger partial charge in [-0.25, -0.2) is 4.39 Å². The molecule has 0 spiro atoms. The molecule has 0 amide bonds. The van der Waals surface area contributed by atoms with Crippen molar-refractivity contribution in [1.82, 2.24) is 4.98 Å². The molecule has 1 aliphatic rings. The van der Waals surface area contributed by atoms with Gasteiger partial charge >= 0.3 is 0 Å². The first kappa shape index (κ1) is 7.23. The highest BCUT2D eigenvalue weighted by Crippen LogP contribution is 2.39. The fourth-order valence-electron chi connectivity index (χ4n) is 1.14. The molecule has 0 radical (unpaired) electrons. The number of hydrogen-bond donors (Lipinski definition) is 0. The number of rotatable bonds is 1. The fourth-order valence-corrected chi connectivity index (χ4v) is 1.14. The van der Waals surface area contributed by atoms with E-state index >= 15 is 0 Å². The number of halogens is 1. The highest BCUT2D eigenvalue weighted by Gasteiger charge is 2.25. The van der Waals surface area contributed by atoms with Crippen molar-refractivity contribution in [2.45, 2.75) is 18.8 Å². The highest BCUT2D eigenvalue weighted by molar-refractivity contribution is 5.32. The zero-order valence-electron chi connectivity index (χ0n) is 6.42. The summed E-state index contributed by atoms with van der Waals surface area (Å²) in [5.74, 6) is -0.0559. The highest BCUT2D eigenvalue weighted by atomic mass is 19.1. The van der Waals surface area contributed by atoms with Crippen molar-refractivity contribution in [3.05, 3.63) is 29.3 Å². The quantitative estimate of drug-likeness (QED) is 0.633. The Balaban J connectivity index is 2.42. The molecule has 1 aromatic heterocycles. The van der Waals surface area contributed by atoms with Crippen LogP contribution < -0.4 is 0 Å². The van der Waals surface area contributed by atoms with Crippen LogP contribution in [0.25, 0.3) is 0 Å². The molecule has 0 saturated heterocycles. The molecule has 0 aromatic carbocycles. The van der Waals surface area contributed by atoms with Gasteiger partial charge in [-0.1, -0.05) is 0 Å². The smallest absolute Gasteiger partial charge is 0.159 e. The Morgan fingerprint density at radius 3 is 2.92 bits per heavy atom. The maximum absolute atomic E-state index is 12.8. The standard InChI is InChI=1S/C9H7FN2/c10-8-5-12-9(6-1-2-6)3-7(8)4-11/h3,5-6H,1-2H2. The van der Waals surface area contributed by atoms with Gasteiger partial charge in [0.1, 0.15) is 6.07 Å².